The van der Waals surface area contributed by atoms with Crippen LogP contribution in [0.25, 0.3) is 0 Å². The molecular weight excluding hydrogens is 340 g/mol. The van der Waals surface area contributed by atoms with E-state index < -0.39 is 6.10 Å². The van der Waals surface area contributed by atoms with E-state index in [0.717, 1.165) is 30.4 Å². The Morgan fingerprint density at radius 1 is 1.11 bits per heavy atom. The maximum Gasteiger partial charge on any atom is 0.334 e. The standard InChI is InChI=1S/C23H30O4/c1-16(2)8-6-9-17(3)10-7-11-18-14-22(27-23(18)24)20-15-19(25-4)12-13-21(20)26-5/h8,10,12-15,22H,6-7,9,11H2,1-5H3/b17-10+/t22-/m0/s1. The van der Waals surface area contributed by atoms with Crippen LogP contribution >= 0.6 is 0 Å². The van der Waals surface area contributed by atoms with E-state index in [1.807, 2.05) is 24.3 Å². The van der Waals surface area contributed by atoms with E-state index in [1.54, 1.807) is 14.2 Å². The predicted octanol–water partition coefficient (Wildman–Crippen LogP) is 5.70. The lowest BCUT2D eigenvalue weighted by molar-refractivity contribution is -0.140. The van der Waals surface area contributed by atoms with Gasteiger partial charge >= 0.3 is 5.97 Å². The number of ether oxygens (including phenoxy) is 3. The van der Waals surface area contributed by atoms with Crippen LogP contribution in [0.5, 0.6) is 11.5 Å². The van der Waals surface area contributed by atoms with Crippen molar-refractivity contribution < 1.29 is 19.0 Å². The highest BCUT2D eigenvalue weighted by Crippen LogP contribution is 2.37. The van der Waals surface area contributed by atoms with Gasteiger partial charge in [-0.2, -0.15) is 0 Å². The van der Waals surface area contributed by atoms with E-state index in [4.69, 9.17) is 14.2 Å². The summed E-state index contributed by atoms with van der Waals surface area (Å²) in [4.78, 5) is 12.2. The van der Waals surface area contributed by atoms with Gasteiger partial charge in [0.1, 0.15) is 17.6 Å². The number of allylic oxidation sites excluding steroid dienone is 4. The molecule has 2 rings (SSSR count). The Kier molecular flexibility index (Phi) is 7.71. The van der Waals surface area contributed by atoms with Crippen molar-refractivity contribution in [2.75, 3.05) is 14.2 Å². The predicted molar refractivity (Wildman–Crippen MR) is 108 cm³/mol. The molecule has 0 fully saturated rings. The molecule has 1 aromatic carbocycles. The molecular formula is C23H30O4. The molecule has 0 aromatic heterocycles. The molecule has 1 atom stereocenters. The van der Waals surface area contributed by atoms with Crippen LogP contribution in [-0.2, 0) is 9.53 Å². The number of methoxy groups -OCH3 is 2. The van der Waals surface area contributed by atoms with Gasteiger partial charge in [-0.1, -0.05) is 23.3 Å². The van der Waals surface area contributed by atoms with Crippen molar-refractivity contribution in [3.8, 4) is 11.5 Å². The second-order valence-electron chi connectivity index (χ2n) is 7.03. The summed E-state index contributed by atoms with van der Waals surface area (Å²) < 4.78 is 16.2. The number of rotatable bonds is 9. The fourth-order valence-corrected chi connectivity index (χ4v) is 3.04. The second kappa shape index (κ2) is 10.0. The largest absolute Gasteiger partial charge is 0.497 e. The molecule has 0 N–H and O–H groups in total. The third kappa shape index (κ3) is 6.02. The number of benzene rings is 1. The van der Waals surface area contributed by atoms with Crippen molar-refractivity contribution in [2.45, 2.75) is 52.6 Å². The third-order valence-electron chi connectivity index (χ3n) is 4.59. The number of carbonyl (C=O) groups excluding carboxylic acids is 1. The zero-order chi connectivity index (χ0) is 19.8. The topological polar surface area (TPSA) is 44.8 Å². The Morgan fingerprint density at radius 3 is 2.56 bits per heavy atom. The van der Waals surface area contributed by atoms with Crippen LogP contribution in [-0.4, -0.2) is 20.2 Å². The van der Waals surface area contributed by atoms with E-state index in [9.17, 15) is 4.79 Å². The minimum Gasteiger partial charge on any atom is -0.497 e. The average molecular weight is 370 g/mol. The van der Waals surface area contributed by atoms with Crippen LogP contribution in [0.15, 0.2) is 53.1 Å². The van der Waals surface area contributed by atoms with Crippen molar-refractivity contribution in [2.24, 2.45) is 0 Å². The summed E-state index contributed by atoms with van der Waals surface area (Å²) in [5, 5.41) is 0. The first-order valence-electron chi connectivity index (χ1n) is 9.37. The summed E-state index contributed by atoms with van der Waals surface area (Å²) >= 11 is 0. The van der Waals surface area contributed by atoms with Crippen molar-refractivity contribution in [1.82, 2.24) is 0 Å². The highest BCUT2D eigenvalue weighted by molar-refractivity contribution is 5.91. The van der Waals surface area contributed by atoms with Crippen LogP contribution in [0.2, 0.25) is 0 Å². The number of hydrogen-bond donors (Lipinski definition) is 0. The lowest BCUT2D eigenvalue weighted by Gasteiger charge is -2.14. The Labute approximate surface area is 162 Å². The minimum atomic E-state index is -0.430. The summed E-state index contributed by atoms with van der Waals surface area (Å²) in [5.41, 5.74) is 4.22. The van der Waals surface area contributed by atoms with Gasteiger partial charge in [-0.05, 0) is 70.7 Å². The fourth-order valence-electron chi connectivity index (χ4n) is 3.04. The Balaban J connectivity index is 2.01. The first-order valence-corrected chi connectivity index (χ1v) is 9.37. The van der Waals surface area contributed by atoms with Crippen LogP contribution in [0, 0.1) is 0 Å². The molecule has 1 aromatic rings. The molecule has 146 valence electrons. The van der Waals surface area contributed by atoms with E-state index >= 15 is 0 Å². The highest BCUT2D eigenvalue weighted by Gasteiger charge is 2.28. The first-order chi connectivity index (χ1) is 12.9. The molecule has 0 saturated heterocycles. The minimum absolute atomic E-state index is 0.250. The normalized spacial score (nSPS) is 16.6. The van der Waals surface area contributed by atoms with Crippen molar-refractivity contribution in [3.05, 3.63) is 58.7 Å². The zero-order valence-corrected chi connectivity index (χ0v) is 17.0. The van der Waals surface area contributed by atoms with E-state index in [1.165, 1.54) is 11.1 Å². The lowest BCUT2D eigenvalue weighted by atomic mass is 10.0. The van der Waals surface area contributed by atoms with Crippen molar-refractivity contribution >= 4 is 5.97 Å². The quantitative estimate of drug-likeness (QED) is 0.413. The molecule has 0 bridgehead atoms. The van der Waals surface area contributed by atoms with Gasteiger partial charge < -0.3 is 14.2 Å². The fraction of sp³-hybridized carbons (Fsp3) is 0.435. The molecule has 1 aliphatic heterocycles. The van der Waals surface area contributed by atoms with Crippen LogP contribution < -0.4 is 9.47 Å². The van der Waals surface area contributed by atoms with Gasteiger partial charge in [-0.3, -0.25) is 0 Å². The summed E-state index contributed by atoms with van der Waals surface area (Å²) in [7, 11) is 3.22. The molecule has 4 nitrogen and oxygen atoms in total. The molecule has 1 heterocycles. The van der Waals surface area contributed by atoms with E-state index in [2.05, 4.69) is 32.9 Å². The summed E-state index contributed by atoms with van der Waals surface area (Å²) in [6, 6.07) is 5.50. The third-order valence-corrected chi connectivity index (χ3v) is 4.59. The van der Waals surface area contributed by atoms with Gasteiger partial charge in [-0.15, -0.1) is 0 Å². The lowest BCUT2D eigenvalue weighted by Crippen LogP contribution is -2.04. The summed E-state index contributed by atoms with van der Waals surface area (Å²) in [6.07, 6.45) is 9.57. The van der Waals surface area contributed by atoms with E-state index in [0.29, 0.717) is 17.9 Å². The Bertz CT molecular complexity index is 752. The molecule has 4 heteroatoms. The maximum atomic E-state index is 12.2. The number of hydrogen-bond acceptors (Lipinski definition) is 4. The average Bonchev–Trinajstić information content (AvgIpc) is 3.01. The van der Waals surface area contributed by atoms with Crippen LogP contribution in [0.3, 0.4) is 0 Å². The van der Waals surface area contributed by atoms with Gasteiger partial charge in [-0.25, -0.2) is 4.79 Å². The monoisotopic (exact) mass is 370 g/mol. The molecule has 0 amide bonds. The number of esters is 1. The summed E-state index contributed by atoms with van der Waals surface area (Å²) in [6.45, 7) is 6.38. The Morgan fingerprint density at radius 2 is 1.89 bits per heavy atom. The zero-order valence-electron chi connectivity index (χ0n) is 17.0. The maximum absolute atomic E-state index is 12.2. The van der Waals surface area contributed by atoms with Gasteiger partial charge in [0.05, 0.1) is 14.2 Å². The summed E-state index contributed by atoms with van der Waals surface area (Å²) in [5.74, 6) is 1.14. The molecule has 0 unspecified atom stereocenters. The van der Waals surface area contributed by atoms with Gasteiger partial charge in [0.15, 0.2) is 0 Å². The molecule has 0 saturated carbocycles. The van der Waals surface area contributed by atoms with Crippen LogP contribution in [0.1, 0.15) is 58.1 Å². The Hall–Kier alpha value is -2.49. The molecule has 0 radical (unpaired) electrons. The van der Waals surface area contributed by atoms with Gasteiger partial charge in [0, 0.05) is 11.1 Å². The van der Waals surface area contributed by atoms with E-state index in [-0.39, 0.29) is 5.97 Å². The highest BCUT2D eigenvalue weighted by atomic mass is 16.5. The van der Waals surface area contributed by atoms with Crippen LogP contribution in [0.4, 0.5) is 0 Å². The smallest absolute Gasteiger partial charge is 0.334 e. The second-order valence-corrected chi connectivity index (χ2v) is 7.03. The first kappa shape index (κ1) is 20.8. The molecule has 0 aliphatic carbocycles. The number of cyclic esters (lactones) is 1. The number of carbonyl (C=O) groups is 1. The van der Waals surface area contributed by atoms with Crippen molar-refractivity contribution in [1.29, 1.82) is 0 Å². The van der Waals surface area contributed by atoms with Gasteiger partial charge in [0.2, 0.25) is 0 Å². The van der Waals surface area contributed by atoms with Gasteiger partial charge in [0.25, 0.3) is 0 Å². The SMILES string of the molecule is COc1ccc(OC)c([C@@H]2C=C(CC/C=C(\C)CCC=C(C)C)C(=O)O2)c1. The van der Waals surface area contributed by atoms with Crippen molar-refractivity contribution in [3.63, 3.8) is 0 Å². The molecule has 27 heavy (non-hydrogen) atoms. The molecule has 1 aliphatic rings. The molecule has 0 spiro atoms.